The maximum absolute atomic E-state index is 12.2. The number of hydrogen-bond donors (Lipinski definition) is 2. The van der Waals surface area contributed by atoms with Crippen LogP contribution in [0, 0.1) is 11.3 Å². The lowest BCUT2D eigenvalue weighted by molar-refractivity contribution is -0.132. The molecule has 3 atom stereocenters. The molecule has 17 heavy (non-hydrogen) atoms. The van der Waals surface area contributed by atoms with Crippen LogP contribution in [0.1, 0.15) is 39.5 Å². The molecule has 2 fully saturated rings. The van der Waals surface area contributed by atoms with Crippen molar-refractivity contribution >= 4 is 5.91 Å². The van der Waals surface area contributed by atoms with E-state index in [9.17, 15) is 4.79 Å². The largest absolute Gasteiger partial charge is 0.341 e. The molecule has 1 spiro atoms. The number of carbonyl (C=O) groups is 1. The summed E-state index contributed by atoms with van der Waals surface area (Å²) in [6.07, 6.45) is 4.47. The zero-order valence-electron chi connectivity index (χ0n) is 11.0. The number of hydrogen-bond acceptors (Lipinski definition) is 3. The van der Waals surface area contributed by atoms with Crippen LogP contribution in [0.4, 0.5) is 0 Å². The molecule has 1 saturated carbocycles. The molecule has 0 aromatic rings. The van der Waals surface area contributed by atoms with Gasteiger partial charge in [0, 0.05) is 19.1 Å². The van der Waals surface area contributed by atoms with Gasteiger partial charge in [0.15, 0.2) is 0 Å². The van der Waals surface area contributed by atoms with Crippen molar-refractivity contribution in [2.24, 2.45) is 22.8 Å². The van der Waals surface area contributed by atoms with Gasteiger partial charge in [0.1, 0.15) is 0 Å². The Kier molecular flexibility index (Phi) is 3.46. The zero-order valence-corrected chi connectivity index (χ0v) is 11.0. The number of nitrogens with zero attached hydrogens (tertiary/aromatic N) is 1. The fourth-order valence-electron chi connectivity index (χ4n) is 3.24. The van der Waals surface area contributed by atoms with Crippen molar-refractivity contribution in [1.29, 1.82) is 0 Å². The first kappa shape index (κ1) is 12.8. The molecule has 2 rings (SSSR count). The van der Waals surface area contributed by atoms with Crippen LogP contribution in [0.3, 0.4) is 0 Å². The van der Waals surface area contributed by atoms with Gasteiger partial charge in [-0.05, 0) is 37.0 Å². The summed E-state index contributed by atoms with van der Waals surface area (Å²) in [7, 11) is 0. The highest BCUT2D eigenvalue weighted by molar-refractivity contribution is 5.82. The van der Waals surface area contributed by atoms with Gasteiger partial charge in [-0.3, -0.25) is 4.79 Å². The first-order chi connectivity index (χ1) is 7.93. The van der Waals surface area contributed by atoms with Crippen LogP contribution in [0.25, 0.3) is 0 Å². The Morgan fingerprint density at radius 1 is 1.41 bits per heavy atom. The van der Waals surface area contributed by atoms with Crippen molar-refractivity contribution in [1.82, 2.24) is 4.90 Å². The van der Waals surface area contributed by atoms with E-state index in [0.717, 1.165) is 32.4 Å². The van der Waals surface area contributed by atoms with Gasteiger partial charge in [0.2, 0.25) is 5.91 Å². The van der Waals surface area contributed by atoms with Crippen LogP contribution in [-0.2, 0) is 4.79 Å². The van der Waals surface area contributed by atoms with E-state index < -0.39 is 0 Å². The molecule has 4 heteroatoms. The van der Waals surface area contributed by atoms with E-state index in [1.165, 1.54) is 6.42 Å². The van der Waals surface area contributed by atoms with Crippen molar-refractivity contribution < 1.29 is 4.79 Å². The predicted molar refractivity (Wildman–Crippen MR) is 68.3 cm³/mol. The Labute approximate surface area is 104 Å². The van der Waals surface area contributed by atoms with E-state index in [-0.39, 0.29) is 17.9 Å². The van der Waals surface area contributed by atoms with Gasteiger partial charge in [-0.1, -0.05) is 13.8 Å². The molecule has 2 aliphatic rings. The standard InChI is InChI=1S/C13H25N3O/c1-9(2)11(15)12(17)16-6-5-13(8-16)4-3-10(14)7-13/h9-11H,3-8,14-15H2,1-2H3/t10-,11-,13+/m1/s1. The fraction of sp³-hybridized carbons (Fsp3) is 0.923. The fourth-order valence-corrected chi connectivity index (χ4v) is 3.24. The highest BCUT2D eigenvalue weighted by Crippen LogP contribution is 2.44. The number of carbonyl (C=O) groups excluding carboxylic acids is 1. The van der Waals surface area contributed by atoms with Gasteiger partial charge in [-0.2, -0.15) is 0 Å². The van der Waals surface area contributed by atoms with E-state index in [0.29, 0.717) is 11.5 Å². The molecule has 4 N–H and O–H groups in total. The Morgan fingerprint density at radius 2 is 2.12 bits per heavy atom. The SMILES string of the molecule is CC(C)[C@@H](N)C(=O)N1CC[C@]2(CC[C@@H](N)C2)C1. The minimum Gasteiger partial charge on any atom is -0.341 e. The van der Waals surface area contributed by atoms with Gasteiger partial charge in [-0.15, -0.1) is 0 Å². The topological polar surface area (TPSA) is 72.4 Å². The lowest BCUT2D eigenvalue weighted by Gasteiger charge is -2.26. The van der Waals surface area contributed by atoms with E-state index >= 15 is 0 Å². The van der Waals surface area contributed by atoms with Gasteiger partial charge in [-0.25, -0.2) is 0 Å². The van der Waals surface area contributed by atoms with Crippen molar-refractivity contribution in [3.63, 3.8) is 0 Å². The summed E-state index contributed by atoms with van der Waals surface area (Å²) < 4.78 is 0. The van der Waals surface area contributed by atoms with Gasteiger partial charge in [0.05, 0.1) is 6.04 Å². The van der Waals surface area contributed by atoms with Crippen LogP contribution in [0.15, 0.2) is 0 Å². The summed E-state index contributed by atoms with van der Waals surface area (Å²) >= 11 is 0. The third-order valence-electron chi connectivity index (χ3n) is 4.49. The van der Waals surface area contributed by atoms with Crippen molar-refractivity contribution in [2.45, 2.75) is 51.6 Å². The smallest absolute Gasteiger partial charge is 0.239 e. The average Bonchev–Trinajstić information content (AvgIpc) is 2.84. The maximum Gasteiger partial charge on any atom is 0.239 e. The summed E-state index contributed by atoms with van der Waals surface area (Å²) in [5, 5.41) is 0. The third kappa shape index (κ3) is 2.47. The second-order valence-electron chi connectivity index (χ2n) is 6.28. The van der Waals surface area contributed by atoms with Crippen LogP contribution in [-0.4, -0.2) is 36.0 Å². The highest BCUT2D eigenvalue weighted by Gasteiger charge is 2.44. The molecule has 98 valence electrons. The normalized spacial score (nSPS) is 34.9. The Morgan fingerprint density at radius 3 is 2.65 bits per heavy atom. The van der Waals surface area contributed by atoms with Crippen LogP contribution < -0.4 is 11.5 Å². The lowest BCUT2D eigenvalue weighted by Crippen LogP contribution is -2.46. The third-order valence-corrected chi connectivity index (χ3v) is 4.49. The second kappa shape index (κ2) is 4.58. The van der Waals surface area contributed by atoms with E-state index in [4.69, 9.17) is 11.5 Å². The zero-order chi connectivity index (χ0) is 12.6. The van der Waals surface area contributed by atoms with Crippen LogP contribution in [0.2, 0.25) is 0 Å². The molecule has 1 amide bonds. The summed E-state index contributed by atoms with van der Waals surface area (Å²) in [5.74, 6) is 0.335. The summed E-state index contributed by atoms with van der Waals surface area (Å²) in [6, 6.07) is -0.0101. The minimum atomic E-state index is -0.347. The van der Waals surface area contributed by atoms with Crippen molar-refractivity contribution in [3.05, 3.63) is 0 Å². The molecule has 1 heterocycles. The van der Waals surface area contributed by atoms with Gasteiger partial charge in [0.25, 0.3) is 0 Å². The molecular weight excluding hydrogens is 214 g/mol. The quantitative estimate of drug-likeness (QED) is 0.745. The van der Waals surface area contributed by atoms with Gasteiger partial charge >= 0.3 is 0 Å². The molecule has 1 saturated heterocycles. The van der Waals surface area contributed by atoms with Crippen molar-refractivity contribution in [2.75, 3.05) is 13.1 Å². The van der Waals surface area contributed by atoms with Crippen LogP contribution >= 0.6 is 0 Å². The van der Waals surface area contributed by atoms with E-state index in [1.807, 2.05) is 18.7 Å². The molecule has 0 bridgehead atoms. The number of likely N-dealkylation sites (tertiary alicyclic amines) is 1. The molecule has 0 aromatic heterocycles. The van der Waals surface area contributed by atoms with E-state index in [1.54, 1.807) is 0 Å². The second-order valence-corrected chi connectivity index (χ2v) is 6.28. The van der Waals surface area contributed by atoms with Gasteiger partial charge < -0.3 is 16.4 Å². The molecule has 4 nitrogen and oxygen atoms in total. The monoisotopic (exact) mass is 239 g/mol. The Bertz CT molecular complexity index is 305. The number of nitrogens with two attached hydrogens (primary N) is 2. The molecular formula is C13H25N3O. The predicted octanol–water partition coefficient (Wildman–Crippen LogP) is 0.700. The molecule has 1 aliphatic heterocycles. The summed E-state index contributed by atoms with van der Waals surface area (Å²) in [6.45, 7) is 5.74. The lowest BCUT2D eigenvalue weighted by atomic mass is 9.85. The first-order valence-electron chi connectivity index (χ1n) is 6.73. The Balaban J connectivity index is 1.96. The minimum absolute atomic E-state index is 0.123. The summed E-state index contributed by atoms with van der Waals surface area (Å²) in [5.41, 5.74) is 12.2. The first-order valence-corrected chi connectivity index (χ1v) is 6.73. The van der Waals surface area contributed by atoms with Crippen molar-refractivity contribution in [3.8, 4) is 0 Å². The number of rotatable bonds is 2. The van der Waals surface area contributed by atoms with E-state index in [2.05, 4.69) is 0 Å². The Hall–Kier alpha value is -0.610. The average molecular weight is 239 g/mol. The van der Waals surface area contributed by atoms with Crippen LogP contribution in [0.5, 0.6) is 0 Å². The number of amides is 1. The highest BCUT2D eigenvalue weighted by atomic mass is 16.2. The molecule has 0 aromatic carbocycles. The maximum atomic E-state index is 12.2. The molecule has 0 unspecified atom stereocenters. The molecule has 0 radical (unpaired) electrons. The summed E-state index contributed by atoms with van der Waals surface area (Å²) in [4.78, 5) is 14.1. The molecule has 1 aliphatic carbocycles.